The maximum absolute atomic E-state index is 13.7. The molecule has 9 heteroatoms. The van der Waals surface area contributed by atoms with Crippen LogP contribution in [0.25, 0.3) is 11.3 Å². The minimum Gasteiger partial charge on any atom is -0.711 e. The molecule has 0 aliphatic carbocycles. The number of carbonyl (C=O) groups excluding carboxylic acids is 2. The molecule has 190 valence electrons. The van der Waals surface area contributed by atoms with Gasteiger partial charge in [0.1, 0.15) is 23.9 Å². The second-order valence-corrected chi connectivity index (χ2v) is 9.66. The minimum atomic E-state index is -1.41. The summed E-state index contributed by atoms with van der Waals surface area (Å²) in [5, 5.41) is 21.0. The van der Waals surface area contributed by atoms with Gasteiger partial charge in [-0.2, -0.15) is 5.10 Å². The van der Waals surface area contributed by atoms with Gasteiger partial charge in [-0.3, -0.25) is 14.7 Å². The van der Waals surface area contributed by atoms with E-state index in [4.69, 9.17) is 9.47 Å². The highest BCUT2D eigenvalue weighted by molar-refractivity contribution is 5.98. The van der Waals surface area contributed by atoms with Crippen molar-refractivity contribution in [3.05, 3.63) is 100 Å². The molecule has 1 aliphatic rings. The monoisotopic (exact) mass is 500 g/mol. The first-order chi connectivity index (χ1) is 17.7. The molecule has 37 heavy (non-hydrogen) atoms. The molecule has 1 saturated heterocycles. The van der Waals surface area contributed by atoms with Crippen molar-refractivity contribution in [2.45, 2.75) is 45.9 Å². The molecule has 5 rings (SSSR count). The van der Waals surface area contributed by atoms with E-state index in [1.165, 1.54) is 13.8 Å². The topological polar surface area (TPSA) is 113 Å². The number of imidazole rings is 1. The van der Waals surface area contributed by atoms with Gasteiger partial charge in [0.25, 0.3) is 11.6 Å². The summed E-state index contributed by atoms with van der Waals surface area (Å²) < 4.78 is 13.7. The SMILES string of the molecule is Cc1c(C)[n+]([O-])c([C@H](c2cn[nH]c2-c2ccccc2)C2C(=O)OC(C)(C)OC2=O)n1Cc1ccccc1. The van der Waals surface area contributed by atoms with Gasteiger partial charge < -0.3 is 14.7 Å². The summed E-state index contributed by atoms with van der Waals surface area (Å²) in [6.07, 6.45) is 1.55. The van der Waals surface area contributed by atoms with E-state index in [9.17, 15) is 14.8 Å². The molecule has 4 aromatic rings. The van der Waals surface area contributed by atoms with E-state index >= 15 is 0 Å². The molecule has 0 radical (unpaired) electrons. The first-order valence-electron chi connectivity index (χ1n) is 12.1. The minimum absolute atomic E-state index is 0.232. The van der Waals surface area contributed by atoms with Gasteiger partial charge in [-0.15, -0.1) is 0 Å². The third-order valence-electron chi connectivity index (χ3n) is 6.78. The molecule has 2 aromatic carbocycles. The fraction of sp³-hybridized carbons (Fsp3) is 0.286. The Bertz CT molecular complexity index is 1440. The van der Waals surface area contributed by atoms with Crippen LogP contribution in [0.15, 0.2) is 66.9 Å². The van der Waals surface area contributed by atoms with Gasteiger partial charge in [-0.25, -0.2) is 9.30 Å². The zero-order valence-electron chi connectivity index (χ0n) is 21.1. The first kappa shape index (κ1) is 24.3. The first-order valence-corrected chi connectivity index (χ1v) is 12.1. The van der Waals surface area contributed by atoms with E-state index in [-0.39, 0.29) is 5.82 Å². The Labute approximate surface area is 214 Å². The Morgan fingerprint density at radius 3 is 2.24 bits per heavy atom. The van der Waals surface area contributed by atoms with Crippen LogP contribution in [-0.4, -0.2) is 32.5 Å². The lowest BCUT2D eigenvalue weighted by molar-refractivity contribution is -0.621. The summed E-state index contributed by atoms with van der Waals surface area (Å²) >= 11 is 0. The molecule has 1 fully saturated rings. The highest BCUT2D eigenvalue weighted by atomic mass is 16.7. The van der Waals surface area contributed by atoms with Crippen molar-refractivity contribution in [3.8, 4) is 11.3 Å². The van der Waals surface area contributed by atoms with Gasteiger partial charge in [0.15, 0.2) is 5.92 Å². The molecule has 0 saturated carbocycles. The van der Waals surface area contributed by atoms with Crippen LogP contribution in [-0.2, 0) is 25.6 Å². The van der Waals surface area contributed by atoms with Crippen molar-refractivity contribution in [1.82, 2.24) is 14.8 Å². The molecule has 0 amide bonds. The predicted octanol–water partition coefficient (Wildman–Crippen LogP) is 3.76. The zero-order valence-corrected chi connectivity index (χ0v) is 21.1. The third-order valence-corrected chi connectivity index (χ3v) is 6.78. The van der Waals surface area contributed by atoms with Crippen LogP contribution in [0.3, 0.4) is 0 Å². The van der Waals surface area contributed by atoms with Crippen molar-refractivity contribution in [2.24, 2.45) is 5.92 Å². The number of aromatic amines is 1. The maximum atomic E-state index is 13.7. The summed E-state index contributed by atoms with van der Waals surface area (Å²) in [5.41, 5.74) is 4.07. The standard InChI is InChI=1S/C28H28N4O5/c1-17-18(2)32(35)25(31(17)16-19-11-7-5-8-12-19)22(23-26(33)36-28(3,4)37-27(23)34)21-15-29-30-24(21)20-13-9-6-10-14-20/h5-15,22-23H,16H2,1-4H3,(H,29,30)/t22-/m1/s1. The molecule has 1 N–H and O–H groups in total. The van der Waals surface area contributed by atoms with Crippen LogP contribution in [0.5, 0.6) is 0 Å². The smallest absolute Gasteiger partial charge is 0.324 e. The van der Waals surface area contributed by atoms with Crippen molar-refractivity contribution in [2.75, 3.05) is 0 Å². The Morgan fingerprint density at radius 2 is 1.62 bits per heavy atom. The Morgan fingerprint density at radius 1 is 1.03 bits per heavy atom. The van der Waals surface area contributed by atoms with E-state index in [0.29, 0.717) is 23.5 Å². The lowest BCUT2D eigenvalue weighted by Gasteiger charge is -2.35. The van der Waals surface area contributed by atoms with Gasteiger partial charge in [0, 0.05) is 33.3 Å². The number of ether oxygens (including phenoxy) is 2. The van der Waals surface area contributed by atoms with E-state index < -0.39 is 29.6 Å². The van der Waals surface area contributed by atoms with E-state index in [1.807, 2.05) is 72.2 Å². The molecule has 0 unspecified atom stereocenters. The quantitative estimate of drug-likeness (QED) is 0.187. The number of H-pyrrole nitrogens is 1. The second-order valence-electron chi connectivity index (χ2n) is 9.66. The maximum Gasteiger partial charge on any atom is 0.324 e. The normalized spacial score (nSPS) is 16.3. The molecule has 9 nitrogen and oxygen atoms in total. The number of carbonyl (C=O) groups is 2. The summed E-state index contributed by atoms with van der Waals surface area (Å²) in [4.78, 5) is 26.8. The number of nitrogens with zero attached hydrogens (tertiary/aromatic N) is 3. The van der Waals surface area contributed by atoms with Gasteiger partial charge in [-0.05, 0) is 11.1 Å². The van der Waals surface area contributed by atoms with Gasteiger partial charge in [-0.1, -0.05) is 60.7 Å². The van der Waals surface area contributed by atoms with Crippen molar-refractivity contribution in [3.63, 3.8) is 0 Å². The number of hydrogen-bond donors (Lipinski definition) is 1. The van der Waals surface area contributed by atoms with Crippen LogP contribution in [0, 0.1) is 25.0 Å². The van der Waals surface area contributed by atoms with Crippen LogP contribution >= 0.6 is 0 Å². The number of cyclic esters (lactones) is 2. The number of benzene rings is 2. The lowest BCUT2D eigenvalue weighted by Crippen LogP contribution is -2.50. The molecule has 0 spiro atoms. The average Bonchev–Trinajstić information content (AvgIpc) is 3.42. The molecule has 3 heterocycles. The fourth-order valence-corrected chi connectivity index (χ4v) is 4.89. The Balaban J connectivity index is 1.75. The van der Waals surface area contributed by atoms with Crippen LogP contribution in [0.4, 0.5) is 0 Å². The van der Waals surface area contributed by atoms with Gasteiger partial charge >= 0.3 is 11.9 Å². The number of hydrogen-bond acceptors (Lipinski definition) is 6. The summed E-state index contributed by atoms with van der Waals surface area (Å²) in [6, 6.07) is 19.1. The largest absolute Gasteiger partial charge is 0.711 e. The van der Waals surface area contributed by atoms with Crippen LogP contribution in [0.2, 0.25) is 0 Å². The molecule has 1 atom stereocenters. The fourth-order valence-electron chi connectivity index (χ4n) is 4.89. The molecule has 0 bridgehead atoms. The zero-order chi connectivity index (χ0) is 26.3. The summed E-state index contributed by atoms with van der Waals surface area (Å²) in [7, 11) is 0. The molecular weight excluding hydrogens is 472 g/mol. The molecule has 2 aromatic heterocycles. The number of esters is 2. The van der Waals surface area contributed by atoms with E-state index in [0.717, 1.165) is 21.6 Å². The Hall–Kier alpha value is -4.40. The second kappa shape index (κ2) is 9.24. The number of rotatable bonds is 6. The molecular formula is C28H28N4O5. The number of aromatic nitrogens is 4. The Kier molecular flexibility index (Phi) is 6.07. The molecule has 1 aliphatic heterocycles. The van der Waals surface area contributed by atoms with E-state index in [2.05, 4.69) is 10.2 Å². The van der Waals surface area contributed by atoms with Crippen LogP contribution in [0.1, 0.15) is 48.1 Å². The van der Waals surface area contributed by atoms with E-state index in [1.54, 1.807) is 13.1 Å². The highest BCUT2D eigenvalue weighted by Gasteiger charge is 2.52. The van der Waals surface area contributed by atoms with Gasteiger partial charge in [0.2, 0.25) is 0 Å². The summed E-state index contributed by atoms with van der Waals surface area (Å²) in [6.45, 7) is 6.94. The highest BCUT2D eigenvalue weighted by Crippen LogP contribution is 2.41. The van der Waals surface area contributed by atoms with Crippen molar-refractivity contribution in [1.29, 1.82) is 0 Å². The predicted molar refractivity (Wildman–Crippen MR) is 134 cm³/mol. The van der Waals surface area contributed by atoms with Crippen molar-refractivity contribution >= 4 is 11.9 Å². The van der Waals surface area contributed by atoms with Crippen molar-refractivity contribution < 1.29 is 23.8 Å². The average molecular weight is 501 g/mol. The summed E-state index contributed by atoms with van der Waals surface area (Å²) in [5.74, 6) is -5.12. The lowest BCUT2D eigenvalue weighted by atomic mass is 9.83. The number of nitrogens with one attached hydrogen (secondary N) is 1. The third kappa shape index (κ3) is 4.37. The van der Waals surface area contributed by atoms with Gasteiger partial charge in [0.05, 0.1) is 11.9 Å². The van der Waals surface area contributed by atoms with Crippen LogP contribution < -0.4 is 4.73 Å².